The number of aryl methyl sites for hydroxylation is 2. The second-order valence-electron chi connectivity index (χ2n) is 3.67. The minimum absolute atomic E-state index is 0.0495. The van der Waals surface area contributed by atoms with E-state index in [1.54, 1.807) is 0 Å². The second kappa shape index (κ2) is 4.68. The summed E-state index contributed by atoms with van der Waals surface area (Å²) in [6, 6.07) is 11.2. The fraction of sp³-hybridized carbons (Fsp3) is 0.182. The highest BCUT2D eigenvalue weighted by Crippen LogP contribution is 2.07. The van der Waals surface area contributed by atoms with Crippen LogP contribution in [-0.2, 0) is 23.0 Å². The van der Waals surface area contributed by atoms with Crippen molar-refractivity contribution in [2.45, 2.75) is 18.0 Å². The van der Waals surface area contributed by atoms with Gasteiger partial charge < -0.3 is 0 Å². The lowest BCUT2D eigenvalue weighted by Gasteiger charge is -2.05. The zero-order valence-corrected chi connectivity index (χ0v) is 9.97. The molecule has 2 rings (SSSR count). The predicted octanol–water partition coefficient (Wildman–Crippen LogP) is 0.773. The Morgan fingerprint density at radius 2 is 1.88 bits per heavy atom. The first-order valence-corrected chi connectivity index (χ1v) is 6.70. The van der Waals surface area contributed by atoms with Crippen molar-refractivity contribution in [3.8, 4) is 0 Å². The van der Waals surface area contributed by atoms with Gasteiger partial charge in [-0.2, -0.15) is 5.10 Å². The van der Waals surface area contributed by atoms with Crippen LogP contribution in [0.2, 0.25) is 0 Å². The third-order valence-electron chi connectivity index (χ3n) is 2.42. The molecular weight excluding hydrogens is 238 g/mol. The number of nitrogens with zero attached hydrogens (tertiary/aromatic N) is 2. The summed E-state index contributed by atoms with van der Waals surface area (Å²) in [5.74, 6) is 0. The molecule has 0 unspecified atom stereocenters. The third-order valence-corrected chi connectivity index (χ3v) is 3.35. The van der Waals surface area contributed by atoms with E-state index in [9.17, 15) is 8.42 Å². The number of benzene rings is 1. The normalized spacial score (nSPS) is 11.6. The lowest BCUT2D eigenvalue weighted by Crippen LogP contribution is -2.18. The van der Waals surface area contributed by atoms with Gasteiger partial charge in [-0.1, -0.05) is 30.3 Å². The molecule has 0 spiro atoms. The largest absolute Gasteiger partial charge is 0.255 e. The van der Waals surface area contributed by atoms with Crippen LogP contribution in [0.1, 0.15) is 5.56 Å². The van der Waals surface area contributed by atoms with Crippen molar-refractivity contribution < 1.29 is 8.42 Å². The van der Waals surface area contributed by atoms with Gasteiger partial charge >= 0.3 is 0 Å². The lowest BCUT2D eigenvalue weighted by molar-refractivity contribution is 0.537. The van der Waals surface area contributed by atoms with Gasteiger partial charge in [-0.05, 0) is 18.1 Å². The van der Waals surface area contributed by atoms with Crippen LogP contribution in [0.15, 0.2) is 47.6 Å². The highest BCUT2D eigenvalue weighted by molar-refractivity contribution is 7.89. The molecule has 0 saturated heterocycles. The molecule has 0 fully saturated rings. The molecule has 0 saturated carbocycles. The number of sulfonamides is 1. The lowest BCUT2D eigenvalue weighted by atomic mass is 10.1. The Labute approximate surface area is 99.9 Å². The molecule has 0 aliphatic heterocycles. The first kappa shape index (κ1) is 11.8. The number of nitrogens with two attached hydrogens (primary N) is 1. The van der Waals surface area contributed by atoms with Gasteiger partial charge in [-0.25, -0.2) is 13.6 Å². The first-order chi connectivity index (χ1) is 8.07. The van der Waals surface area contributed by atoms with Crippen LogP contribution in [0, 0.1) is 0 Å². The maximum Gasteiger partial charge on any atom is 0.255 e. The molecule has 0 atom stereocenters. The standard InChI is InChI=1S/C11H13N3O2S/c12-17(15,16)11-6-8-13-14(11)9-7-10-4-2-1-3-5-10/h1-6,8H,7,9H2,(H2,12,15,16). The molecule has 1 aromatic carbocycles. The maximum atomic E-state index is 11.2. The van der Waals surface area contributed by atoms with Crippen molar-refractivity contribution in [3.63, 3.8) is 0 Å². The van der Waals surface area contributed by atoms with Gasteiger partial charge in [-0.3, -0.25) is 4.68 Å². The van der Waals surface area contributed by atoms with Crippen molar-refractivity contribution in [1.82, 2.24) is 9.78 Å². The molecule has 1 heterocycles. The molecule has 1 aromatic heterocycles. The maximum absolute atomic E-state index is 11.2. The topological polar surface area (TPSA) is 78.0 Å². The summed E-state index contributed by atoms with van der Waals surface area (Å²) in [5.41, 5.74) is 1.13. The van der Waals surface area contributed by atoms with Crippen LogP contribution in [0.25, 0.3) is 0 Å². The Hall–Kier alpha value is -1.66. The number of rotatable bonds is 4. The van der Waals surface area contributed by atoms with Gasteiger partial charge in [0.1, 0.15) is 0 Å². The van der Waals surface area contributed by atoms with E-state index in [0.717, 1.165) is 5.56 Å². The smallest absolute Gasteiger partial charge is 0.253 e. The predicted molar refractivity (Wildman–Crippen MR) is 63.7 cm³/mol. The SMILES string of the molecule is NS(=O)(=O)c1ccnn1CCc1ccccc1. The second-order valence-corrected chi connectivity index (χ2v) is 5.18. The average Bonchev–Trinajstić information content (AvgIpc) is 2.75. The molecule has 90 valence electrons. The van der Waals surface area contributed by atoms with Crippen LogP contribution < -0.4 is 5.14 Å². The van der Waals surface area contributed by atoms with Gasteiger partial charge in [0.15, 0.2) is 5.03 Å². The van der Waals surface area contributed by atoms with E-state index >= 15 is 0 Å². The molecule has 6 heteroatoms. The number of aromatic nitrogens is 2. The van der Waals surface area contributed by atoms with E-state index in [0.29, 0.717) is 13.0 Å². The minimum Gasteiger partial charge on any atom is -0.253 e. The van der Waals surface area contributed by atoms with E-state index in [2.05, 4.69) is 5.10 Å². The molecule has 0 radical (unpaired) electrons. The Morgan fingerprint density at radius 1 is 1.18 bits per heavy atom. The van der Waals surface area contributed by atoms with E-state index in [-0.39, 0.29) is 5.03 Å². The van der Waals surface area contributed by atoms with Crippen LogP contribution in [0.5, 0.6) is 0 Å². The number of primary sulfonamides is 1. The van der Waals surface area contributed by atoms with E-state index < -0.39 is 10.0 Å². The average molecular weight is 251 g/mol. The molecule has 0 aliphatic rings. The molecule has 2 aromatic rings. The van der Waals surface area contributed by atoms with E-state index in [4.69, 9.17) is 5.14 Å². The quantitative estimate of drug-likeness (QED) is 0.872. The van der Waals surface area contributed by atoms with Crippen molar-refractivity contribution in [3.05, 3.63) is 48.2 Å². The molecule has 0 aliphatic carbocycles. The van der Waals surface area contributed by atoms with Crippen molar-refractivity contribution in [2.24, 2.45) is 5.14 Å². The van der Waals surface area contributed by atoms with E-state index in [1.807, 2.05) is 30.3 Å². The summed E-state index contributed by atoms with van der Waals surface area (Å²) in [6.07, 6.45) is 2.15. The molecular formula is C11H13N3O2S. The van der Waals surface area contributed by atoms with Crippen LogP contribution in [0.3, 0.4) is 0 Å². The summed E-state index contributed by atoms with van der Waals surface area (Å²) >= 11 is 0. The molecule has 17 heavy (non-hydrogen) atoms. The number of hydrogen-bond donors (Lipinski definition) is 1. The van der Waals surface area contributed by atoms with Gasteiger partial charge in [0.2, 0.25) is 0 Å². The van der Waals surface area contributed by atoms with Crippen molar-refractivity contribution in [2.75, 3.05) is 0 Å². The Bertz CT molecular complexity index is 590. The van der Waals surface area contributed by atoms with E-state index in [1.165, 1.54) is 16.9 Å². The van der Waals surface area contributed by atoms with Gasteiger partial charge in [-0.15, -0.1) is 0 Å². The fourth-order valence-electron chi connectivity index (χ4n) is 1.61. The summed E-state index contributed by atoms with van der Waals surface area (Å²) in [6.45, 7) is 0.489. The van der Waals surface area contributed by atoms with Gasteiger partial charge in [0, 0.05) is 6.54 Å². The number of hydrogen-bond acceptors (Lipinski definition) is 3. The van der Waals surface area contributed by atoms with Gasteiger partial charge in [0.25, 0.3) is 10.0 Å². The minimum atomic E-state index is -3.69. The monoisotopic (exact) mass is 251 g/mol. The zero-order valence-electron chi connectivity index (χ0n) is 9.15. The molecule has 0 amide bonds. The highest BCUT2D eigenvalue weighted by atomic mass is 32.2. The summed E-state index contributed by atoms with van der Waals surface area (Å²) in [7, 11) is -3.69. The van der Waals surface area contributed by atoms with Crippen molar-refractivity contribution >= 4 is 10.0 Å². The van der Waals surface area contributed by atoms with Crippen LogP contribution in [0.4, 0.5) is 0 Å². The zero-order chi connectivity index (χ0) is 12.3. The van der Waals surface area contributed by atoms with Crippen LogP contribution in [-0.4, -0.2) is 18.2 Å². The summed E-state index contributed by atoms with van der Waals surface area (Å²) in [4.78, 5) is 0. The van der Waals surface area contributed by atoms with Gasteiger partial charge in [0.05, 0.1) is 6.20 Å². The van der Waals surface area contributed by atoms with Crippen molar-refractivity contribution in [1.29, 1.82) is 0 Å². The fourth-order valence-corrected chi connectivity index (χ4v) is 2.29. The Morgan fingerprint density at radius 3 is 2.53 bits per heavy atom. The molecule has 5 nitrogen and oxygen atoms in total. The Kier molecular flexibility index (Phi) is 3.26. The summed E-state index contributed by atoms with van der Waals surface area (Å²) < 4.78 is 23.9. The first-order valence-electron chi connectivity index (χ1n) is 5.16. The molecule has 2 N–H and O–H groups in total. The van der Waals surface area contributed by atoms with Crippen LogP contribution >= 0.6 is 0 Å². The summed E-state index contributed by atoms with van der Waals surface area (Å²) in [5, 5.41) is 9.09. The third kappa shape index (κ3) is 2.92. The molecule has 0 bridgehead atoms. The highest BCUT2D eigenvalue weighted by Gasteiger charge is 2.13. The Balaban J connectivity index is 2.13.